The highest BCUT2D eigenvalue weighted by Gasteiger charge is 2.24. The summed E-state index contributed by atoms with van der Waals surface area (Å²) in [6, 6.07) is 6.28. The molecular weight excluding hydrogens is 256 g/mol. The number of rotatable bonds is 5. The largest absolute Gasteiger partial charge is 0.488 e. The first-order valence-electron chi connectivity index (χ1n) is 7.25. The van der Waals surface area contributed by atoms with Gasteiger partial charge in [0.1, 0.15) is 18.9 Å². The Labute approximate surface area is 119 Å². The van der Waals surface area contributed by atoms with E-state index in [4.69, 9.17) is 4.74 Å². The Hall–Kier alpha value is -1.62. The van der Waals surface area contributed by atoms with Gasteiger partial charge in [-0.3, -0.25) is 10.1 Å². The number of nitro groups is 1. The van der Waals surface area contributed by atoms with Gasteiger partial charge in [0.2, 0.25) is 0 Å². The first-order valence-corrected chi connectivity index (χ1v) is 7.25. The Morgan fingerprint density at radius 3 is 2.40 bits per heavy atom. The Bertz CT molecular complexity index is 437. The molecule has 1 N–H and O–H groups in total. The van der Waals surface area contributed by atoms with Crippen LogP contribution in [0.3, 0.4) is 0 Å². The molecule has 3 atom stereocenters. The van der Waals surface area contributed by atoms with Crippen molar-refractivity contribution in [1.29, 1.82) is 0 Å². The maximum absolute atomic E-state index is 10.6. The monoisotopic (exact) mass is 279 g/mol. The molecule has 1 saturated heterocycles. The maximum Gasteiger partial charge on any atom is 0.269 e. The van der Waals surface area contributed by atoms with E-state index in [2.05, 4.69) is 13.8 Å². The molecule has 5 nitrogen and oxygen atoms in total. The number of ether oxygens (including phenoxy) is 1. The summed E-state index contributed by atoms with van der Waals surface area (Å²) in [4.78, 5) is 11.8. The Kier molecular flexibility index (Phi) is 4.95. The number of nitro benzene ring substituents is 1. The highest BCUT2D eigenvalue weighted by Crippen LogP contribution is 2.17. The van der Waals surface area contributed by atoms with E-state index in [1.54, 1.807) is 17.0 Å². The van der Waals surface area contributed by atoms with Gasteiger partial charge < -0.3 is 9.64 Å². The van der Waals surface area contributed by atoms with Gasteiger partial charge in [-0.05, 0) is 18.6 Å². The summed E-state index contributed by atoms with van der Waals surface area (Å²) < 4.78 is 5.67. The van der Waals surface area contributed by atoms with Crippen LogP contribution in [0.15, 0.2) is 24.3 Å². The number of benzene rings is 1. The quantitative estimate of drug-likeness (QED) is 0.657. The smallest absolute Gasteiger partial charge is 0.269 e. The second-order valence-corrected chi connectivity index (χ2v) is 5.95. The van der Waals surface area contributed by atoms with Crippen molar-refractivity contribution in [2.45, 2.75) is 20.3 Å². The summed E-state index contributed by atoms with van der Waals surface area (Å²) in [6.07, 6.45) is 1.33. The number of likely N-dealkylation sites (tertiary alicyclic amines) is 1. The van der Waals surface area contributed by atoms with E-state index < -0.39 is 4.92 Å². The molecule has 0 aliphatic carbocycles. The van der Waals surface area contributed by atoms with Crippen molar-refractivity contribution in [3.05, 3.63) is 34.4 Å². The van der Waals surface area contributed by atoms with Crippen molar-refractivity contribution in [3.8, 4) is 5.75 Å². The third-order valence-corrected chi connectivity index (χ3v) is 3.85. The van der Waals surface area contributed by atoms with E-state index in [1.807, 2.05) is 0 Å². The lowest BCUT2D eigenvalue weighted by Crippen LogP contribution is -3.14. The molecule has 0 bridgehead atoms. The summed E-state index contributed by atoms with van der Waals surface area (Å²) in [5.74, 6) is 2.27. The molecular formula is C15H23N2O3+. The van der Waals surface area contributed by atoms with Gasteiger partial charge in [0.15, 0.2) is 0 Å². The fraction of sp³-hybridized carbons (Fsp3) is 0.600. The molecule has 20 heavy (non-hydrogen) atoms. The van der Waals surface area contributed by atoms with Crippen LogP contribution in [0.4, 0.5) is 5.69 Å². The summed E-state index contributed by atoms with van der Waals surface area (Å²) in [5, 5.41) is 10.6. The number of piperidine rings is 1. The lowest BCUT2D eigenvalue weighted by Gasteiger charge is -2.31. The minimum Gasteiger partial charge on any atom is -0.488 e. The van der Waals surface area contributed by atoms with Gasteiger partial charge in [-0.15, -0.1) is 0 Å². The van der Waals surface area contributed by atoms with Gasteiger partial charge in [0.25, 0.3) is 5.69 Å². The molecule has 0 saturated carbocycles. The van der Waals surface area contributed by atoms with Gasteiger partial charge in [-0.1, -0.05) is 13.8 Å². The van der Waals surface area contributed by atoms with Gasteiger partial charge in [-0.2, -0.15) is 0 Å². The second kappa shape index (κ2) is 6.70. The first kappa shape index (κ1) is 14.8. The fourth-order valence-electron chi connectivity index (χ4n) is 3.10. The molecule has 0 amide bonds. The molecule has 1 unspecified atom stereocenters. The van der Waals surface area contributed by atoms with Crippen molar-refractivity contribution in [3.63, 3.8) is 0 Å². The highest BCUT2D eigenvalue weighted by atomic mass is 16.6. The summed E-state index contributed by atoms with van der Waals surface area (Å²) in [7, 11) is 0. The lowest BCUT2D eigenvalue weighted by atomic mass is 9.92. The average Bonchev–Trinajstić information content (AvgIpc) is 2.38. The summed E-state index contributed by atoms with van der Waals surface area (Å²) in [6.45, 7) is 8.71. The molecule has 2 rings (SSSR count). The highest BCUT2D eigenvalue weighted by molar-refractivity contribution is 5.35. The van der Waals surface area contributed by atoms with Gasteiger partial charge in [0, 0.05) is 24.0 Å². The van der Waals surface area contributed by atoms with E-state index in [-0.39, 0.29) is 5.69 Å². The van der Waals surface area contributed by atoms with Crippen LogP contribution in [0.2, 0.25) is 0 Å². The number of hydrogen-bond acceptors (Lipinski definition) is 3. The van der Waals surface area contributed by atoms with Crippen LogP contribution in [-0.4, -0.2) is 31.2 Å². The predicted octanol–water partition coefficient (Wildman–Crippen LogP) is 1.53. The van der Waals surface area contributed by atoms with E-state index >= 15 is 0 Å². The fourth-order valence-corrected chi connectivity index (χ4v) is 3.10. The van der Waals surface area contributed by atoms with Crippen molar-refractivity contribution in [1.82, 2.24) is 0 Å². The first-order chi connectivity index (χ1) is 9.54. The lowest BCUT2D eigenvalue weighted by molar-refractivity contribution is -0.912. The molecule has 1 aromatic carbocycles. The molecule has 1 aromatic rings. The zero-order valence-corrected chi connectivity index (χ0v) is 12.2. The minimum atomic E-state index is -0.398. The minimum absolute atomic E-state index is 0.0988. The maximum atomic E-state index is 10.6. The number of nitrogens with one attached hydrogen (secondary N) is 1. The van der Waals surface area contributed by atoms with Gasteiger partial charge >= 0.3 is 0 Å². The van der Waals surface area contributed by atoms with Crippen LogP contribution in [0.5, 0.6) is 5.75 Å². The second-order valence-electron chi connectivity index (χ2n) is 5.95. The van der Waals surface area contributed by atoms with Crippen molar-refractivity contribution in [2.75, 3.05) is 26.2 Å². The van der Waals surface area contributed by atoms with Crippen LogP contribution in [0.25, 0.3) is 0 Å². The molecule has 1 aliphatic rings. The molecule has 1 heterocycles. The Morgan fingerprint density at radius 2 is 1.85 bits per heavy atom. The zero-order chi connectivity index (χ0) is 14.5. The summed E-state index contributed by atoms with van der Waals surface area (Å²) >= 11 is 0. The van der Waals surface area contributed by atoms with Crippen molar-refractivity contribution >= 4 is 5.69 Å². The standard InChI is InChI=1S/C15H22N2O3/c1-12-9-13(2)11-16(10-12)7-8-20-15-5-3-14(4-6-15)17(18)19/h3-6,12-13H,7-11H2,1-2H3/p+1/t12-,13+. The van der Waals surface area contributed by atoms with Crippen molar-refractivity contribution < 1.29 is 14.6 Å². The van der Waals surface area contributed by atoms with E-state index in [0.29, 0.717) is 12.4 Å². The number of non-ortho nitro benzene ring substituents is 1. The topological polar surface area (TPSA) is 56.8 Å². The number of nitrogens with zero attached hydrogens (tertiary/aromatic N) is 1. The van der Waals surface area contributed by atoms with E-state index in [9.17, 15) is 10.1 Å². The molecule has 5 heteroatoms. The van der Waals surface area contributed by atoms with Crippen LogP contribution in [0, 0.1) is 22.0 Å². The Balaban J connectivity index is 1.76. The molecule has 110 valence electrons. The third-order valence-electron chi connectivity index (χ3n) is 3.85. The van der Waals surface area contributed by atoms with Crippen LogP contribution < -0.4 is 9.64 Å². The molecule has 1 aliphatic heterocycles. The number of hydrogen-bond donors (Lipinski definition) is 1. The van der Waals surface area contributed by atoms with Crippen molar-refractivity contribution in [2.24, 2.45) is 11.8 Å². The van der Waals surface area contributed by atoms with E-state index in [0.717, 1.165) is 18.4 Å². The van der Waals surface area contributed by atoms with Crippen LogP contribution >= 0.6 is 0 Å². The summed E-state index contributed by atoms with van der Waals surface area (Å²) in [5.41, 5.74) is 0.0988. The number of quaternary nitrogens is 1. The molecule has 0 aromatic heterocycles. The molecule has 1 fully saturated rings. The Morgan fingerprint density at radius 1 is 1.25 bits per heavy atom. The van der Waals surface area contributed by atoms with Gasteiger partial charge in [-0.25, -0.2) is 0 Å². The van der Waals surface area contributed by atoms with Gasteiger partial charge in [0.05, 0.1) is 18.0 Å². The molecule has 0 radical (unpaired) electrons. The zero-order valence-electron chi connectivity index (χ0n) is 12.2. The SMILES string of the molecule is C[C@@H]1C[C@H](C)C[NH+](CCOc2ccc([N+](=O)[O-])cc2)C1. The van der Waals surface area contributed by atoms with Crippen LogP contribution in [0.1, 0.15) is 20.3 Å². The van der Waals surface area contributed by atoms with E-state index in [1.165, 1.54) is 31.6 Å². The predicted molar refractivity (Wildman–Crippen MR) is 77.1 cm³/mol. The average molecular weight is 279 g/mol. The van der Waals surface area contributed by atoms with Crippen LogP contribution in [-0.2, 0) is 0 Å². The molecule has 0 spiro atoms. The normalized spacial score (nSPS) is 26.2. The third kappa shape index (κ3) is 4.20.